The van der Waals surface area contributed by atoms with E-state index in [9.17, 15) is 9.59 Å². The van der Waals surface area contributed by atoms with Gasteiger partial charge in [0.15, 0.2) is 5.65 Å². The maximum absolute atomic E-state index is 12.0. The highest BCUT2D eigenvalue weighted by atomic mass is 35.5. The SMILES string of the molecule is Cc1c(Nc2ccc(C#N)cc2Cl)nc2c(/C=C3/CC(=O)NC3=O)cnn2c1NC1CC1. The average molecular weight is 448 g/mol. The Kier molecular flexibility index (Phi) is 4.79. The van der Waals surface area contributed by atoms with Gasteiger partial charge in [-0.25, -0.2) is 4.98 Å². The molecule has 32 heavy (non-hydrogen) atoms. The van der Waals surface area contributed by atoms with Gasteiger partial charge in [0.05, 0.1) is 35.0 Å². The summed E-state index contributed by atoms with van der Waals surface area (Å²) in [6.07, 6.45) is 5.45. The molecule has 1 aromatic carbocycles. The van der Waals surface area contributed by atoms with E-state index in [1.54, 1.807) is 35.0 Å². The molecule has 1 aliphatic carbocycles. The van der Waals surface area contributed by atoms with Crippen molar-refractivity contribution in [2.45, 2.75) is 32.2 Å². The van der Waals surface area contributed by atoms with Crippen LogP contribution in [-0.2, 0) is 9.59 Å². The third kappa shape index (κ3) is 3.65. The Morgan fingerprint density at radius 1 is 1.34 bits per heavy atom. The number of rotatable bonds is 5. The fourth-order valence-corrected chi connectivity index (χ4v) is 3.75. The van der Waals surface area contributed by atoms with E-state index in [1.807, 2.05) is 6.92 Å². The van der Waals surface area contributed by atoms with Gasteiger partial charge in [-0.15, -0.1) is 0 Å². The van der Waals surface area contributed by atoms with Crippen molar-refractivity contribution in [3.63, 3.8) is 0 Å². The summed E-state index contributed by atoms with van der Waals surface area (Å²) >= 11 is 6.36. The number of amides is 2. The molecule has 160 valence electrons. The molecule has 0 atom stereocenters. The minimum absolute atomic E-state index is 0.0289. The number of carbonyl (C=O) groups excluding carboxylic acids is 2. The highest BCUT2D eigenvalue weighted by Gasteiger charge is 2.27. The smallest absolute Gasteiger partial charge is 0.254 e. The summed E-state index contributed by atoms with van der Waals surface area (Å²) in [5.74, 6) is 0.636. The lowest BCUT2D eigenvalue weighted by molar-refractivity contribution is -0.124. The highest BCUT2D eigenvalue weighted by Crippen LogP contribution is 2.34. The third-order valence-electron chi connectivity index (χ3n) is 5.41. The molecular weight excluding hydrogens is 430 g/mol. The zero-order chi connectivity index (χ0) is 22.4. The number of anilines is 3. The van der Waals surface area contributed by atoms with Gasteiger partial charge in [-0.2, -0.15) is 14.9 Å². The van der Waals surface area contributed by atoms with Crippen molar-refractivity contribution in [3.8, 4) is 6.07 Å². The molecule has 10 heteroatoms. The van der Waals surface area contributed by atoms with E-state index in [0.717, 1.165) is 24.2 Å². The molecule has 2 aliphatic rings. The van der Waals surface area contributed by atoms with E-state index >= 15 is 0 Å². The van der Waals surface area contributed by atoms with Crippen LogP contribution in [0.25, 0.3) is 11.7 Å². The molecular formula is C22H18ClN7O2. The molecule has 1 saturated carbocycles. The zero-order valence-electron chi connectivity index (χ0n) is 17.1. The van der Waals surface area contributed by atoms with Crippen LogP contribution in [0.15, 0.2) is 30.0 Å². The number of aromatic nitrogens is 3. The van der Waals surface area contributed by atoms with Crippen molar-refractivity contribution in [2.75, 3.05) is 10.6 Å². The summed E-state index contributed by atoms with van der Waals surface area (Å²) in [6, 6.07) is 7.43. The molecule has 0 bridgehead atoms. The van der Waals surface area contributed by atoms with Gasteiger partial charge in [0.2, 0.25) is 5.91 Å². The number of benzene rings is 1. The molecule has 9 nitrogen and oxygen atoms in total. The van der Waals surface area contributed by atoms with Crippen LogP contribution < -0.4 is 16.0 Å². The van der Waals surface area contributed by atoms with Crippen LogP contribution in [0.2, 0.25) is 5.02 Å². The number of imide groups is 1. The summed E-state index contributed by atoms with van der Waals surface area (Å²) in [7, 11) is 0. The van der Waals surface area contributed by atoms with Gasteiger partial charge < -0.3 is 10.6 Å². The maximum atomic E-state index is 12.0. The number of hydrogen-bond acceptors (Lipinski definition) is 7. The summed E-state index contributed by atoms with van der Waals surface area (Å²) in [5, 5.41) is 23.0. The van der Waals surface area contributed by atoms with Crippen LogP contribution in [0.5, 0.6) is 0 Å². The van der Waals surface area contributed by atoms with Crippen molar-refractivity contribution >= 4 is 52.5 Å². The first-order chi connectivity index (χ1) is 15.4. The van der Waals surface area contributed by atoms with E-state index < -0.39 is 5.91 Å². The normalized spacial score (nSPS) is 17.0. The Labute approximate surface area is 188 Å². The predicted octanol–water partition coefficient (Wildman–Crippen LogP) is 3.31. The van der Waals surface area contributed by atoms with Crippen molar-refractivity contribution < 1.29 is 9.59 Å². The predicted molar refractivity (Wildman–Crippen MR) is 120 cm³/mol. The Bertz CT molecular complexity index is 1360. The minimum Gasteiger partial charge on any atom is -0.367 e. The van der Waals surface area contributed by atoms with Crippen molar-refractivity contribution in [1.82, 2.24) is 19.9 Å². The molecule has 2 aromatic heterocycles. The van der Waals surface area contributed by atoms with Gasteiger partial charge in [0.1, 0.15) is 11.6 Å². The first kappa shape index (κ1) is 20.0. The van der Waals surface area contributed by atoms with Gasteiger partial charge in [0, 0.05) is 22.7 Å². The number of carbonyl (C=O) groups is 2. The number of nitrogens with one attached hydrogen (secondary N) is 3. The number of hydrogen-bond donors (Lipinski definition) is 3. The summed E-state index contributed by atoms with van der Waals surface area (Å²) in [4.78, 5) is 28.3. The first-order valence-corrected chi connectivity index (χ1v) is 10.5. The summed E-state index contributed by atoms with van der Waals surface area (Å²) < 4.78 is 1.71. The number of halogens is 1. The van der Waals surface area contributed by atoms with E-state index in [0.29, 0.717) is 44.9 Å². The lowest BCUT2D eigenvalue weighted by atomic mass is 10.1. The fourth-order valence-electron chi connectivity index (χ4n) is 3.53. The van der Waals surface area contributed by atoms with Gasteiger partial charge in [-0.3, -0.25) is 14.9 Å². The Hall–Kier alpha value is -3.90. The Morgan fingerprint density at radius 3 is 2.81 bits per heavy atom. The number of nitrogens with zero attached hydrogens (tertiary/aromatic N) is 4. The molecule has 2 fully saturated rings. The maximum Gasteiger partial charge on any atom is 0.254 e. The zero-order valence-corrected chi connectivity index (χ0v) is 17.8. The van der Waals surface area contributed by atoms with Gasteiger partial charge >= 0.3 is 0 Å². The van der Waals surface area contributed by atoms with Crippen molar-refractivity contribution in [3.05, 3.63) is 51.7 Å². The van der Waals surface area contributed by atoms with Crippen LogP contribution >= 0.6 is 11.6 Å². The number of nitriles is 1. The lowest BCUT2D eigenvalue weighted by Crippen LogP contribution is -2.19. The average Bonchev–Trinajstić information content (AvgIpc) is 3.42. The van der Waals surface area contributed by atoms with E-state index in [4.69, 9.17) is 21.8 Å². The van der Waals surface area contributed by atoms with Crippen LogP contribution in [0.4, 0.5) is 17.3 Å². The van der Waals surface area contributed by atoms with Gasteiger partial charge in [0.25, 0.3) is 5.91 Å². The third-order valence-corrected chi connectivity index (χ3v) is 5.72. The topological polar surface area (TPSA) is 124 Å². The first-order valence-electron chi connectivity index (χ1n) is 10.1. The van der Waals surface area contributed by atoms with Crippen molar-refractivity contribution in [2.24, 2.45) is 0 Å². The molecule has 0 radical (unpaired) electrons. The quantitative estimate of drug-likeness (QED) is 0.404. The summed E-state index contributed by atoms with van der Waals surface area (Å²) in [6.45, 7) is 1.93. The monoisotopic (exact) mass is 447 g/mol. The second-order valence-corrected chi connectivity index (χ2v) is 8.25. The van der Waals surface area contributed by atoms with Crippen LogP contribution in [0.1, 0.15) is 36.0 Å². The molecule has 3 aromatic rings. The second kappa shape index (κ2) is 7.66. The standard InChI is InChI=1S/C22H18ClN7O2/c1-11-19(27-17-5-2-12(9-24)6-16(17)23)29-21-14(7-13-8-18(31)28-22(13)32)10-25-30(21)20(11)26-15-3-4-15/h2,5-7,10,15,26H,3-4,8H2,1H3,(H,27,29)(H,28,31,32)/b13-7-. The summed E-state index contributed by atoms with van der Waals surface area (Å²) in [5.41, 5.74) is 3.45. The largest absolute Gasteiger partial charge is 0.367 e. The lowest BCUT2D eigenvalue weighted by Gasteiger charge is -2.16. The Balaban J connectivity index is 1.62. The van der Waals surface area contributed by atoms with Gasteiger partial charge in [-0.1, -0.05) is 11.6 Å². The Morgan fingerprint density at radius 2 is 2.16 bits per heavy atom. The van der Waals surface area contributed by atoms with E-state index in [1.165, 1.54) is 0 Å². The van der Waals surface area contributed by atoms with Crippen LogP contribution in [-0.4, -0.2) is 32.5 Å². The molecule has 0 unspecified atom stereocenters. The fraction of sp³-hybridized carbons (Fsp3) is 0.227. The van der Waals surface area contributed by atoms with Crippen LogP contribution in [0.3, 0.4) is 0 Å². The highest BCUT2D eigenvalue weighted by molar-refractivity contribution is 6.33. The number of fused-ring (bicyclic) bond motifs is 1. The molecule has 0 spiro atoms. The van der Waals surface area contributed by atoms with Gasteiger partial charge in [-0.05, 0) is 44.0 Å². The molecule has 1 saturated heterocycles. The minimum atomic E-state index is -0.402. The molecule has 5 rings (SSSR count). The second-order valence-electron chi connectivity index (χ2n) is 7.84. The molecule has 1 aliphatic heterocycles. The molecule has 2 amide bonds. The molecule has 3 N–H and O–H groups in total. The van der Waals surface area contributed by atoms with Crippen molar-refractivity contribution in [1.29, 1.82) is 5.26 Å². The van der Waals surface area contributed by atoms with E-state index in [2.05, 4.69) is 27.1 Å². The van der Waals surface area contributed by atoms with E-state index in [-0.39, 0.29) is 12.3 Å². The van der Waals surface area contributed by atoms with Crippen LogP contribution in [0, 0.1) is 18.3 Å². The molecule has 3 heterocycles.